The topological polar surface area (TPSA) is 70.2 Å². The van der Waals surface area contributed by atoms with Gasteiger partial charge < -0.3 is 9.15 Å². The van der Waals surface area contributed by atoms with E-state index in [0.29, 0.717) is 5.75 Å². The Bertz CT molecular complexity index is 1040. The molecule has 4 aromatic rings. The monoisotopic (exact) mass is 397 g/mol. The van der Waals surface area contributed by atoms with Gasteiger partial charge in [-0.05, 0) is 29.6 Å². The lowest BCUT2D eigenvalue weighted by Crippen LogP contribution is -2.03. The van der Waals surface area contributed by atoms with Crippen LogP contribution in [0, 0.1) is 0 Å². The molecule has 0 bridgehead atoms. The first-order valence-electron chi connectivity index (χ1n) is 8.10. The first-order chi connectivity index (χ1) is 13.3. The molecule has 1 aromatic carbocycles. The highest BCUT2D eigenvalue weighted by atomic mass is 32.2. The largest absolute Gasteiger partial charge is 0.463 e. The number of thiophene rings is 1. The number of carbonyl (C=O) groups excluding carboxylic acids is 1. The van der Waals surface area contributed by atoms with E-state index in [1.165, 1.54) is 25.1 Å². The number of furan rings is 1. The van der Waals surface area contributed by atoms with Crippen molar-refractivity contribution in [1.29, 1.82) is 0 Å². The van der Waals surface area contributed by atoms with Crippen molar-refractivity contribution in [2.24, 2.45) is 0 Å². The summed E-state index contributed by atoms with van der Waals surface area (Å²) in [5.41, 5.74) is 1.74. The molecule has 0 unspecified atom stereocenters. The molecule has 8 heteroatoms. The van der Waals surface area contributed by atoms with Gasteiger partial charge in [0, 0.05) is 17.0 Å². The number of para-hydroxylation sites is 1. The van der Waals surface area contributed by atoms with Crippen molar-refractivity contribution in [1.82, 2.24) is 14.8 Å². The summed E-state index contributed by atoms with van der Waals surface area (Å²) in [4.78, 5) is 12.8. The summed E-state index contributed by atoms with van der Waals surface area (Å²) < 4.78 is 12.0. The third-order valence-electron chi connectivity index (χ3n) is 3.86. The maximum Gasteiger partial charge on any atom is 0.374 e. The van der Waals surface area contributed by atoms with E-state index in [9.17, 15) is 4.79 Å². The molecule has 0 radical (unpaired) electrons. The van der Waals surface area contributed by atoms with Crippen molar-refractivity contribution in [2.45, 2.75) is 10.9 Å². The highest BCUT2D eigenvalue weighted by Gasteiger charge is 2.20. The van der Waals surface area contributed by atoms with Crippen LogP contribution in [0.15, 0.2) is 69.7 Å². The van der Waals surface area contributed by atoms with Gasteiger partial charge in [0.05, 0.1) is 18.3 Å². The number of nitrogens with zero attached hydrogens (tertiary/aromatic N) is 3. The number of ether oxygens (including phenoxy) is 1. The molecule has 0 aliphatic rings. The molecule has 4 rings (SSSR count). The Morgan fingerprint density at radius 3 is 2.78 bits per heavy atom. The zero-order valence-electron chi connectivity index (χ0n) is 14.4. The molecule has 0 spiro atoms. The minimum absolute atomic E-state index is 0.217. The van der Waals surface area contributed by atoms with Crippen LogP contribution >= 0.6 is 23.1 Å². The summed E-state index contributed by atoms with van der Waals surface area (Å²) in [7, 11) is 1.33. The molecule has 0 aliphatic carbocycles. The highest BCUT2D eigenvalue weighted by molar-refractivity contribution is 7.98. The summed E-state index contributed by atoms with van der Waals surface area (Å²) in [5.74, 6) is 1.03. The molecule has 0 amide bonds. The lowest BCUT2D eigenvalue weighted by molar-refractivity contribution is 0.0564. The standard InChI is InChI=1S/C19H15N3O3S2/c1-24-18(23)16-13(9-10-25-16)12-27-19-21-20-17(15-8-5-11-26-15)22(19)14-6-3-2-4-7-14/h2-11H,12H2,1H3. The molecule has 0 N–H and O–H groups in total. The lowest BCUT2D eigenvalue weighted by atomic mass is 10.3. The Morgan fingerprint density at radius 1 is 1.19 bits per heavy atom. The molecule has 0 atom stereocenters. The summed E-state index contributed by atoms with van der Waals surface area (Å²) >= 11 is 3.10. The van der Waals surface area contributed by atoms with Crippen LogP contribution in [0.5, 0.6) is 0 Å². The van der Waals surface area contributed by atoms with Crippen LogP contribution in [0.25, 0.3) is 16.4 Å². The number of thioether (sulfide) groups is 1. The third-order valence-corrected chi connectivity index (χ3v) is 5.71. The van der Waals surface area contributed by atoms with E-state index in [1.54, 1.807) is 17.4 Å². The Hall–Kier alpha value is -2.84. The van der Waals surface area contributed by atoms with Crippen LogP contribution in [-0.4, -0.2) is 27.8 Å². The van der Waals surface area contributed by atoms with E-state index < -0.39 is 5.97 Å². The molecule has 0 saturated carbocycles. The van der Waals surface area contributed by atoms with Crippen molar-refractivity contribution in [3.8, 4) is 16.4 Å². The average molecular weight is 397 g/mol. The molecule has 0 saturated heterocycles. The van der Waals surface area contributed by atoms with Crippen molar-refractivity contribution in [3.63, 3.8) is 0 Å². The molecule has 0 fully saturated rings. The van der Waals surface area contributed by atoms with Crippen LogP contribution in [0.4, 0.5) is 0 Å². The number of methoxy groups -OCH3 is 1. The number of rotatable bonds is 6. The molecule has 27 heavy (non-hydrogen) atoms. The van der Waals surface area contributed by atoms with Gasteiger partial charge in [-0.1, -0.05) is 36.0 Å². The first-order valence-corrected chi connectivity index (χ1v) is 9.96. The minimum atomic E-state index is -0.487. The predicted molar refractivity (Wildman–Crippen MR) is 104 cm³/mol. The van der Waals surface area contributed by atoms with Gasteiger partial charge in [0.15, 0.2) is 11.0 Å². The third kappa shape index (κ3) is 3.54. The maximum absolute atomic E-state index is 11.8. The Labute approximate surface area is 163 Å². The fourth-order valence-electron chi connectivity index (χ4n) is 2.60. The van der Waals surface area contributed by atoms with E-state index in [0.717, 1.165) is 27.1 Å². The van der Waals surface area contributed by atoms with Crippen molar-refractivity contribution in [3.05, 3.63) is 71.5 Å². The zero-order chi connectivity index (χ0) is 18.6. The summed E-state index contributed by atoms with van der Waals surface area (Å²) in [6.07, 6.45) is 1.49. The average Bonchev–Trinajstić information content (AvgIpc) is 3.46. The fourth-order valence-corrected chi connectivity index (χ4v) is 4.23. The molecule has 136 valence electrons. The van der Waals surface area contributed by atoms with Crippen LogP contribution in [0.2, 0.25) is 0 Å². The number of hydrogen-bond acceptors (Lipinski definition) is 7. The van der Waals surface area contributed by atoms with E-state index in [4.69, 9.17) is 9.15 Å². The molecule has 0 aliphatic heterocycles. The van der Waals surface area contributed by atoms with Crippen molar-refractivity contribution >= 4 is 29.1 Å². The molecule has 3 aromatic heterocycles. The van der Waals surface area contributed by atoms with Crippen LogP contribution < -0.4 is 0 Å². The zero-order valence-corrected chi connectivity index (χ0v) is 16.0. The first kappa shape index (κ1) is 17.6. The van der Waals surface area contributed by atoms with E-state index in [2.05, 4.69) is 10.2 Å². The van der Waals surface area contributed by atoms with Gasteiger partial charge in [-0.3, -0.25) is 4.57 Å². The predicted octanol–water partition coefficient (Wildman–Crippen LogP) is 4.67. The summed E-state index contributed by atoms with van der Waals surface area (Å²) in [6, 6.07) is 15.7. The van der Waals surface area contributed by atoms with Crippen molar-refractivity contribution < 1.29 is 13.9 Å². The van der Waals surface area contributed by atoms with Gasteiger partial charge in [0.1, 0.15) is 0 Å². The Balaban J connectivity index is 1.68. The van der Waals surface area contributed by atoms with Crippen LogP contribution in [0.3, 0.4) is 0 Å². The van der Waals surface area contributed by atoms with Crippen LogP contribution in [-0.2, 0) is 10.5 Å². The van der Waals surface area contributed by atoms with E-state index in [1.807, 2.05) is 52.4 Å². The number of esters is 1. The fraction of sp³-hybridized carbons (Fsp3) is 0.105. The van der Waals surface area contributed by atoms with Gasteiger partial charge in [0.2, 0.25) is 5.76 Å². The number of carbonyl (C=O) groups is 1. The second kappa shape index (κ2) is 7.81. The van der Waals surface area contributed by atoms with Gasteiger partial charge in [0.25, 0.3) is 0 Å². The normalized spacial score (nSPS) is 10.9. The van der Waals surface area contributed by atoms with Gasteiger partial charge in [-0.15, -0.1) is 21.5 Å². The second-order valence-corrected chi connectivity index (χ2v) is 7.40. The smallest absolute Gasteiger partial charge is 0.374 e. The van der Waals surface area contributed by atoms with E-state index in [-0.39, 0.29) is 5.76 Å². The quantitative estimate of drug-likeness (QED) is 0.348. The van der Waals surface area contributed by atoms with Gasteiger partial charge in [-0.2, -0.15) is 0 Å². The van der Waals surface area contributed by atoms with Crippen LogP contribution in [0.1, 0.15) is 16.1 Å². The van der Waals surface area contributed by atoms with Crippen molar-refractivity contribution in [2.75, 3.05) is 7.11 Å². The second-order valence-electron chi connectivity index (χ2n) is 5.51. The number of hydrogen-bond donors (Lipinski definition) is 0. The Morgan fingerprint density at radius 2 is 2.04 bits per heavy atom. The van der Waals surface area contributed by atoms with E-state index >= 15 is 0 Å². The molecular weight excluding hydrogens is 382 g/mol. The maximum atomic E-state index is 11.8. The highest BCUT2D eigenvalue weighted by Crippen LogP contribution is 2.32. The summed E-state index contributed by atoms with van der Waals surface area (Å²) in [5, 5.41) is 11.5. The van der Waals surface area contributed by atoms with Gasteiger partial charge in [-0.25, -0.2) is 4.79 Å². The van der Waals surface area contributed by atoms with Gasteiger partial charge >= 0.3 is 5.97 Å². The SMILES string of the molecule is COC(=O)c1occc1CSc1nnc(-c2cccs2)n1-c1ccccc1. The molecular formula is C19H15N3O3S2. The lowest BCUT2D eigenvalue weighted by Gasteiger charge is -2.09. The summed E-state index contributed by atoms with van der Waals surface area (Å²) in [6.45, 7) is 0. The molecule has 3 heterocycles. The minimum Gasteiger partial charge on any atom is -0.463 e. The number of aromatic nitrogens is 3. The molecule has 6 nitrogen and oxygen atoms in total. The Kier molecular flexibility index (Phi) is 5.08. The number of benzene rings is 1.